The Bertz CT molecular complexity index is 246. The minimum absolute atomic E-state index is 0.441. The third-order valence-corrected chi connectivity index (χ3v) is 1.43. The summed E-state index contributed by atoms with van der Waals surface area (Å²) < 4.78 is 0. The van der Waals surface area contributed by atoms with Crippen molar-refractivity contribution in [2.75, 3.05) is 0 Å². The molecule has 1 aromatic rings. The van der Waals surface area contributed by atoms with E-state index in [1.807, 2.05) is 30.3 Å². The molecule has 0 aromatic heterocycles. The maximum absolute atomic E-state index is 10.6. The zero-order chi connectivity index (χ0) is 8.81. The fraction of sp³-hybridized carbons (Fsp3) is 0.111. The Hall–Kier alpha value is -1.35. The smallest absolute Gasteiger partial charge is 0.252 e. The van der Waals surface area contributed by atoms with Crippen LogP contribution < -0.4 is 5.32 Å². The van der Waals surface area contributed by atoms with Crippen LogP contribution in [-0.2, 0) is 11.3 Å². The molecule has 0 saturated heterocycles. The number of benzene rings is 1. The molecule has 0 atom stereocenters. The van der Waals surface area contributed by atoms with Gasteiger partial charge in [-0.1, -0.05) is 30.3 Å². The SMILES string of the molecule is O=C([CH]O)NCc1ccccc1. The Labute approximate surface area is 71.0 Å². The average molecular weight is 164 g/mol. The average Bonchev–Trinajstić information content (AvgIpc) is 2.16. The van der Waals surface area contributed by atoms with E-state index >= 15 is 0 Å². The first kappa shape index (κ1) is 8.74. The summed E-state index contributed by atoms with van der Waals surface area (Å²) in [4.78, 5) is 10.6. The quantitative estimate of drug-likeness (QED) is 0.695. The Kier molecular flexibility index (Phi) is 3.29. The molecule has 3 heteroatoms. The molecule has 0 fully saturated rings. The van der Waals surface area contributed by atoms with Gasteiger partial charge in [-0.3, -0.25) is 4.79 Å². The van der Waals surface area contributed by atoms with E-state index in [0.717, 1.165) is 5.56 Å². The number of carbonyl (C=O) groups excluding carboxylic acids is 1. The Balaban J connectivity index is 2.38. The highest BCUT2D eigenvalue weighted by Gasteiger charge is 1.97. The van der Waals surface area contributed by atoms with Gasteiger partial charge in [-0.05, 0) is 5.56 Å². The maximum Gasteiger partial charge on any atom is 0.252 e. The molecular weight excluding hydrogens is 154 g/mol. The van der Waals surface area contributed by atoms with E-state index < -0.39 is 5.91 Å². The molecule has 63 valence electrons. The zero-order valence-corrected chi connectivity index (χ0v) is 6.53. The molecule has 0 bridgehead atoms. The van der Waals surface area contributed by atoms with Gasteiger partial charge in [0.25, 0.3) is 5.91 Å². The van der Waals surface area contributed by atoms with Gasteiger partial charge in [0.1, 0.15) is 0 Å². The van der Waals surface area contributed by atoms with E-state index in [4.69, 9.17) is 5.11 Å². The van der Waals surface area contributed by atoms with Gasteiger partial charge >= 0.3 is 0 Å². The van der Waals surface area contributed by atoms with Crippen molar-refractivity contribution in [1.29, 1.82) is 0 Å². The van der Waals surface area contributed by atoms with Crippen LogP contribution in [0.3, 0.4) is 0 Å². The molecule has 1 amide bonds. The van der Waals surface area contributed by atoms with E-state index in [1.54, 1.807) is 0 Å². The number of rotatable bonds is 3. The van der Waals surface area contributed by atoms with Gasteiger partial charge < -0.3 is 10.4 Å². The Morgan fingerprint density at radius 2 is 2.08 bits per heavy atom. The highest BCUT2D eigenvalue weighted by molar-refractivity contribution is 5.82. The van der Waals surface area contributed by atoms with Crippen molar-refractivity contribution >= 4 is 5.91 Å². The minimum atomic E-state index is -0.473. The molecule has 0 unspecified atom stereocenters. The summed E-state index contributed by atoms with van der Waals surface area (Å²) in [6, 6.07) is 9.49. The van der Waals surface area contributed by atoms with Crippen molar-refractivity contribution in [2.24, 2.45) is 0 Å². The van der Waals surface area contributed by atoms with E-state index in [1.165, 1.54) is 0 Å². The number of aliphatic hydroxyl groups is 1. The molecular formula is C9H10NO2. The van der Waals surface area contributed by atoms with Crippen LogP contribution in [-0.4, -0.2) is 11.0 Å². The molecule has 1 aromatic carbocycles. The summed E-state index contributed by atoms with van der Waals surface area (Å²) in [7, 11) is 0. The van der Waals surface area contributed by atoms with Crippen molar-refractivity contribution in [1.82, 2.24) is 5.32 Å². The Morgan fingerprint density at radius 3 is 2.67 bits per heavy atom. The first-order valence-corrected chi connectivity index (χ1v) is 3.62. The molecule has 0 aliphatic rings. The third-order valence-electron chi connectivity index (χ3n) is 1.43. The van der Waals surface area contributed by atoms with Crippen molar-refractivity contribution < 1.29 is 9.90 Å². The van der Waals surface area contributed by atoms with Gasteiger partial charge in [0.2, 0.25) is 0 Å². The highest BCUT2D eigenvalue weighted by Crippen LogP contribution is 1.96. The molecule has 2 N–H and O–H groups in total. The van der Waals surface area contributed by atoms with Crippen molar-refractivity contribution in [2.45, 2.75) is 6.54 Å². The van der Waals surface area contributed by atoms with Crippen molar-refractivity contribution in [3.63, 3.8) is 0 Å². The normalized spacial score (nSPS) is 9.42. The first-order chi connectivity index (χ1) is 5.83. The van der Waals surface area contributed by atoms with Gasteiger partial charge in [-0.2, -0.15) is 0 Å². The lowest BCUT2D eigenvalue weighted by Gasteiger charge is -2.01. The second-order valence-corrected chi connectivity index (χ2v) is 2.33. The van der Waals surface area contributed by atoms with Gasteiger partial charge in [-0.15, -0.1) is 0 Å². The molecule has 0 aliphatic heterocycles. The second kappa shape index (κ2) is 4.51. The van der Waals surface area contributed by atoms with Crippen LogP contribution in [0.4, 0.5) is 0 Å². The fourth-order valence-electron chi connectivity index (χ4n) is 0.831. The molecule has 0 spiro atoms. The van der Waals surface area contributed by atoms with Gasteiger partial charge in [-0.25, -0.2) is 0 Å². The first-order valence-electron chi connectivity index (χ1n) is 3.62. The number of hydrogen-bond acceptors (Lipinski definition) is 2. The summed E-state index contributed by atoms with van der Waals surface area (Å²) in [6.45, 7) is 0.958. The molecule has 12 heavy (non-hydrogen) atoms. The topological polar surface area (TPSA) is 49.3 Å². The number of nitrogens with one attached hydrogen (secondary N) is 1. The zero-order valence-electron chi connectivity index (χ0n) is 6.53. The lowest BCUT2D eigenvalue weighted by Crippen LogP contribution is -2.22. The van der Waals surface area contributed by atoms with E-state index in [-0.39, 0.29) is 0 Å². The summed E-state index contributed by atoms with van der Waals surface area (Å²) in [6.07, 6.45) is 0. The van der Waals surface area contributed by atoms with Crippen molar-refractivity contribution in [3.05, 3.63) is 42.5 Å². The molecule has 1 rings (SSSR count). The van der Waals surface area contributed by atoms with Crippen molar-refractivity contribution in [3.8, 4) is 0 Å². The number of aliphatic hydroxyl groups excluding tert-OH is 1. The van der Waals surface area contributed by atoms with E-state index in [2.05, 4.69) is 5.32 Å². The van der Waals surface area contributed by atoms with Crippen LogP contribution in [0, 0.1) is 6.61 Å². The maximum atomic E-state index is 10.6. The molecule has 0 heterocycles. The summed E-state index contributed by atoms with van der Waals surface area (Å²) in [5.41, 5.74) is 1.01. The predicted octanol–water partition coefficient (Wildman–Crippen LogP) is 0.837. The second-order valence-electron chi connectivity index (χ2n) is 2.33. The molecule has 1 radical (unpaired) electrons. The van der Waals surface area contributed by atoms with Gasteiger partial charge in [0.05, 0.1) is 0 Å². The summed E-state index contributed by atoms with van der Waals surface area (Å²) >= 11 is 0. The van der Waals surface area contributed by atoms with E-state index in [0.29, 0.717) is 13.2 Å². The summed E-state index contributed by atoms with van der Waals surface area (Å²) in [5.74, 6) is -0.473. The number of carbonyl (C=O) groups is 1. The third kappa shape index (κ3) is 2.72. The van der Waals surface area contributed by atoms with Gasteiger partial charge in [0.15, 0.2) is 6.61 Å². The van der Waals surface area contributed by atoms with Crippen LogP contribution in [0.5, 0.6) is 0 Å². The number of hydrogen-bond donors (Lipinski definition) is 2. The molecule has 0 aliphatic carbocycles. The number of amides is 1. The van der Waals surface area contributed by atoms with Crippen LogP contribution >= 0.6 is 0 Å². The van der Waals surface area contributed by atoms with Crippen LogP contribution in [0.1, 0.15) is 5.56 Å². The minimum Gasteiger partial charge on any atom is -0.380 e. The van der Waals surface area contributed by atoms with Gasteiger partial charge in [0, 0.05) is 6.54 Å². The highest BCUT2D eigenvalue weighted by atomic mass is 16.3. The van der Waals surface area contributed by atoms with Crippen LogP contribution in [0.25, 0.3) is 0 Å². The largest absolute Gasteiger partial charge is 0.380 e. The monoisotopic (exact) mass is 164 g/mol. The van der Waals surface area contributed by atoms with Crippen LogP contribution in [0.2, 0.25) is 0 Å². The lowest BCUT2D eigenvalue weighted by molar-refractivity contribution is -0.120. The predicted molar refractivity (Wildman–Crippen MR) is 44.5 cm³/mol. The molecule has 3 nitrogen and oxygen atoms in total. The standard InChI is InChI=1S/C9H10NO2/c11-7-9(12)10-6-8-4-2-1-3-5-8/h1-5,7,11H,6H2,(H,10,12). The summed E-state index contributed by atoms with van der Waals surface area (Å²) in [5, 5.41) is 10.8. The van der Waals surface area contributed by atoms with Crippen LogP contribution in [0.15, 0.2) is 30.3 Å². The Morgan fingerprint density at radius 1 is 1.42 bits per heavy atom. The lowest BCUT2D eigenvalue weighted by atomic mass is 10.2. The molecule has 0 saturated carbocycles. The fourth-order valence-corrected chi connectivity index (χ4v) is 0.831. The van der Waals surface area contributed by atoms with E-state index in [9.17, 15) is 4.79 Å².